The second-order valence-electron chi connectivity index (χ2n) is 5.75. The van der Waals surface area contributed by atoms with E-state index in [1.165, 1.54) is 18.2 Å². The molecule has 0 aliphatic carbocycles. The maximum Gasteiger partial charge on any atom is 0.161 e. The van der Waals surface area contributed by atoms with Gasteiger partial charge in [-0.1, -0.05) is 56.3 Å². The van der Waals surface area contributed by atoms with E-state index >= 15 is 0 Å². The SMILES string of the molecule is COc1cc(/C=C/COCc2ccc(C(C)C)cc2)ccc1O. The minimum absolute atomic E-state index is 0.144. The van der Waals surface area contributed by atoms with Crippen LogP contribution in [-0.4, -0.2) is 18.8 Å². The van der Waals surface area contributed by atoms with E-state index in [-0.39, 0.29) is 5.75 Å². The highest BCUT2D eigenvalue weighted by atomic mass is 16.5. The monoisotopic (exact) mass is 312 g/mol. The van der Waals surface area contributed by atoms with E-state index in [1.807, 2.05) is 18.2 Å². The van der Waals surface area contributed by atoms with Gasteiger partial charge in [0.2, 0.25) is 0 Å². The van der Waals surface area contributed by atoms with E-state index in [0.29, 0.717) is 24.9 Å². The molecule has 1 N–H and O–H groups in total. The first kappa shape index (κ1) is 17.1. The summed E-state index contributed by atoms with van der Waals surface area (Å²) in [5.41, 5.74) is 3.48. The standard InChI is InChI=1S/C20H24O3/c1-15(2)18-9-6-17(7-10-18)14-23-12-4-5-16-8-11-19(21)20(13-16)22-3/h4-11,13,15,21H,12,14H2,1-3H3/b5-4+. The molecule has 122 valence electrons. The smallest absolute Gasteiger partial charge is 0.161 e. The van der Waals surface area contributed by atoms with E-state index in [4.69, 9.17) is 9.47 Å². The number of aromatic hydroxyl groups is 1. The molecule has 23 heavy (non-hydrogen) atoms. The van der Waals surface area contributed by atoms with Gasteiger partial charge in [0.1, 0.15) is 0 Å². The fourth-order valence-electron chi connectivity index (χ4n) is 2.23. The third-order valence-corrected chi connectivity index (χ3v) is 3.64. The minimum Gasteiger partial charge on any atom is -0.504 e. The summed E-state index contributed by atoms with van der Waals surface area (Å²) in [6.45, 7) is 5.51. The lowest BCUT2D eigenvalue weighted by Crippen LogP contribution is -1.94. The van der Waals surface area contributed by atoms with Crippen molar-refractivity contribution in [1.29, 1.82) is 0 Å². The fraction of sp³-hybridized carbons (Fsp3) is 0.300. The summed E-state index contributed by atoms with van der Waals surface area (Å²) >= 11 is 0. The normalized spacial score (nSPS) is 11.3. The summed E-state index contributed by atoms with van der Waals surface area (Å²) in [6, 6.07) is 13.8. The average Bonchev–Trinajstić information content (AvgIpc) is 2.56. The Kier molecular flexibility index (Phi) is 6.24. The van der Waals surface area contributed by atoms with Crippen LogP contribution in [0, 0.1) is 0 Å². The average molecular weight is 312 g/mol. The second-order valence-corrected chi connectivity index (χ2v) is 5.75. The molecule has 2 aromatic carbocycles. The largest absolute Gasteiger partial charge is 0.504 e. The van der Waals surface area contributed by atoms with Crippen LogP contribution in [0.4, 0.5) is 0 Å². The van der Waals surface area contributed by atoms with Crippen molar-refractivity contribution in [3.63, 3.8) is 0 Å². The lowest BCUT2D eigenvalue weighted by molar-refractivity contribution is 0.149. The number of rotatable bonds is 7. The van der Waals surface area contributed by atoms with E-state index in [9.17, 15) is 5.11 Å². The molecule has 0 atom stereocenters. The molecule has 2 aromatic rings. The van der Waals surface area contributed by atoms with Gasteiger partial charge in [-0.3, -0.25) is 0 Å². The Bertz CT molecular complexity index is 642. The molecular formula is C20H24O3. The first-order valence-electron chi connectivity index (χ1n) is 7.80. The van der Waals surface area contributed by atoms with Crippen molar-refractivity contribution >= 4 is 6.08 Å². The first-order valence-corrected chi connectivity index (χ1v) is 7.80. The quantitative estimate of drug-likeness (QED) is 0.750. The summed E-state index contributed by atoms with van der Waals surface area (Å²) in [5.74, 6) is 1.17. The zero-order chi connectivity index (χ0) is 16.7. The minimum atomic E-state index is 0.144. The summed E-state index contributed by atoms with van der Waals surface area (Å²) in [5, 5.41) is 9.55. The van der Waals surface area contributed by atoms with Gasteiger partial charge in [0.15, 0.2) is 11.5 Å². The third-order valence-electron chi connectivity index (χ3n) is 3.64. The van der Waals surface area contributed by atoms with Gasteiger partial charge < -0.3 is 14.6 Å². The fourth-order valence-corrected chi connectivity index (χ4v) is 2.23. The molecule has 2 rings (SSSR count). The van der Waals surface area contributed by atoms with Crippen molar-refractivity contribution in [3.8, 4) is 11.5 Å². The van der Waals surface area contributed by atoms with Crippen LogP contribution in [0.2, 0.25) is 0 Å². The number of hydrogen-bond donors (Lipinski definition) is 1. The van der Waals surface area contributed by atoms with Gasteiger partial charge in [-0.2, -0.15) is 0 Å². The number of phenolic OH excluding ortho intramolecular Hbond substituents is 1. The Morgan fingerprint density at radius 2 is 1.83 bits per heavy atom. The summed E-state index contributed by atoms with van der Waals surface area (Å²) in [7, 11) is 1.54. The maximum atomic E-state index is 9.55. The summed E-state index contributed by atoms with van der Waals surface area (Å²) < 4.78 is 10.7. The van der Waals surface area contributed by atoms with Crippen molar-refractivity contribution in [2.45, 2.75) is 26.4 Å². The molecule has 0 spiro atoms. The zero-order valence-electron chi connectivity index (χ0n) is 14.0. The molecule has 0 amide bonds. The van der Waals surface area contributed by atoms with Crippen LogP contribution in [0.1, 0.15) is 36.5 Å². The number of benzene rings is 2. The summed E-state index contributed by atoms with van der Waals surface area (Å²) in [4.78, 5) is 0. The highest BCUT2D eigenvalue weighted by Crippen LogP contribution is 2.26. The predicted octanol–water partition coefficient (Wildman–Crippen LogP) is 4.75. The number of phenols is 1. The van der Waals surface area contributed by atoms with Gasteiger partial charge in [-0.25, -0.2) is 0 Å². The predicted molar refractivity (Wildman–Crippen MR) is 93.9 cm³/mol. The molecule has 0 saturated carbocycles. The molecular weight excluding hydrogens is 288 g/mol. The van der Waals surface area contributed by atoms with Crippen molar-refractivity contribution in [1.82, 2.24) is 0 Å². The Morgan fingerprint density at radius 1 is 1.09 bits per heavy atom. The molecule has 3 nitrogen and oxygen atoms in total. The van der Waals surface area contributed by atoms with Crippen molar-refractivity contribution in [3.05, 3.63) is 65.2 Å². The Morgan fingerprint density at radius 3 is 2.48 bits per heavy atom. The first-order chi connectivity index (χ1) is 11.1. The van der Waals surface area contributed by atoms with Gasteiger partial charge in [-0.05, 0) is 34.7 Å². The van der Waals surface area contributed by atoms with Gasteiger partial charge in [0.25, 0.3) is 0 Å². The zero-order valence-corrected chi connectivity index (χ0v) is 14.0. The van der Waals surface area contributed by atoms with Crippen LogP contribution in [0.5, 0.6) is 11.5 Å². The molecule has 0 bridgehead atoms. The van der Waals surface area contributed by atoms with Gasteiger partial charge >= 0.3 is 0 Å². The topological polar surface area (TPSA) is 38.7 Å². The highest BCUT2D eigenvalue weighted by molar-refractivity contribution is 5.55. The van der Waals surface area contributed by atoms with Crippen LogP contribution in [0.3, 0.4) is 0 Å². The molecule has 0 saturated heterocycles. The molecule has 0 unspecified atom stereocenters. The van der Waals surface area contributed by atoms with Crippen LogP contribution < -0.4 is 4.74 Å². The van der Waals surface area contributed by atoms with E-state index in [1.54, 1.807) is 12.1 Å². The molecule has 0 fully saturated rings. The molecule has 3 heteroatoms. The third kappa shape index (κ3) is 5.15. The van der Waals surface area contributed by atoms with E-state index < -0.39 is 0 Å². The van der Waals surface area contributed by atoms with E-state index in [2.05, 4.69) is 38.1 Å². The number of methoxy groups -OCH3 is 1. The van der Waals surface area contributed by atoms with Crippen molar-refractivity contribution in [2.75, 3.05) is 13.7 Å². The highest BCUT2D eigenvalue weighted by Gasteiger charge is 2.00. The molecule has 0 aliphatic rings. The number of ether oxygens (including phenoxy) is 2. The van der Waals surface area contributed by atoms with Gasteiger partial charge in [0, 0.05) is 0 Å². The Balaban J connectivity index is 1.80. The van der Waals surface area contributed by atoms with Crippen LogP contribution in [0.15, 0.2) is 48.5 Å². The van der Waals surface area contributed by atoms with Crippen LogP contribution in [0.25, 0.3) is 6.08 Å². The van der Waals surface area contributed by atoms with Crippen molar-refractivity contribution < 1.29 is 14.6 Å². The molecule has 0 heterocycles. The lowest BCUT2D eigenvalue weighted by atomic mass is 10.0. The summed E-state index contributed by atoms with van der Waals surface area (Å²) in [6.07, 6.45) is 3.90. The van der Waals surface area contributed by atoms with Gasteiger partial charge in [-0.15, -0.1) is 0 Å². The van der Waals surface area contributed by atoms with Crippen LogP contribution >= 0.6 is 0 Å². The van der Waals surface area contributed by atoms with E-state index in [0.717, 1.165) is 5.56 Å². The number of hydrogen-bond acceptors (Lipinski definition) is 3. The van der Waals surface area contributed by atoms with Crippen LogP contribution in [-0.2, 0) is 11.3 Å². The molecule has 0 aromatic heterocycles. The Hall–Kier alpha value is -2.26. The maximum absolute atomic E-state index is 9.55. The molecule has 0 aliphatic heterocycles. The van der Waals surface area contributed by atoms with Gasteiger partial charge in [0.05, 0.1) is 20.3 Å². The van der Waals surface area contributed by atoms with Crippen molar-refractivity contribution in [2.24, 2.45) is 0 Å². The Labute approximate surface area is 138 Å². The second kappa shape index (κ2) is 8.39. The molecule has 0 radical (unpaired) electrons. The lowest BCUT2D eigenvalue weighted by Gasteiger charge is -2.07.